The van der Waals surface area contributed by atoms with Gasteiger partial charge in [0, 0.05) is 63.7 Å². The Labute approximate surface area is 180 Å². The van der Waals surface area contributed by atoms with Crippen molar-refractivity contribution in [3.63, 3.8) is 0 Å². The molecular weight excluding hydrogens is 399 g/mol. The van der Waals surface area contributed by atoms with Crippen LogP contribution in [-0.2, 0) is 11.8 Å². The molecule has 3 aromatic rings. The normalized spacial score (nSPS) is 15.9. The van der Waals surface area contributed by atoms with Crippen LogP contribution in [0.1, 0.15) is 18.0 Å². The first-order valence-electron chi connectivity index (χ1n) is 10.1. The molecule has 8 nitrogen and oxygen atoms in total. The predicted molar refractivity (Wildman–Crippen MR) is 114 cm³/mol. The van der Waals surface area contributed by atoms with E-state index in [4.69, 9.17) is 9.72 Å². The molecule has 9 heteroatoms. The highest BCUT2D eigenvalue weighted by atomic mass is 19.1. The van der Waals surface area contributed by atoms with Crippen LogP contribution in [0.2, 0.25) is 0 Å². The number of hydrogen-bond acceptors (Lipinski definition) is 6. The van der Waals surface area contributed by atoms with E-state index in [2.05, 4.69) is 10.1 Å². The Morgan fingerprint density at radius 3 is 2.71 bits per heavy atom. The van der Waals surface area contributed by atoms with Crippen LogP contribution in [0.25, 0.3) is 11.1 Å². The number of aromatic nitrogens is 4. The zero-order valence-corrected chi connectivity index (χ0v) is 17.8. The number of rotatable bonds is 6. The van der Waals surface area contributed by atoms with Gasteiger partial charge in [-0.3, -0.25) is 9.48 Å². The van der Waals surface area contributed by atoms with E-state index >= 15 is 0 Å². The van der Waals surface area contributed by atoms with Crippen molar-refractivity contribution in [1.82, 2.24) is 24.6 Å². The number of ether oxygens (including phenoxy) is 1. The van der Waals surface area contributed by atoms with Gasteiger partial charge in [0.25, 0.3) is 5.91 Å². The van der Waals surface area contributed by atoms with Crippen LogP contribution in [0.5, 0.6) is 5.75 Å². The Morgan fingerprint density at radius 1 is 1.26 bits per heavy atom. The van der Waals surface area contributed by atoms with Crippen molar-refractivity contribution in [3.8, 4) is 16.9 Å². The quantitative estimate of drug-likeness (QED) is 0.605. The molecule has 1 atom stereocenters. The molecule has 3 heterocycles. The highest BCUT2D eigenvalue weighted by Crippen LogP contribution is 2.34. The number of nitrogens with zero attached hydrogens (tertiary/aromatic N) is 6. The molecule has 1 aliphatic rings. The lowest BCUT2D eigenvalue weighted by atomic mass is 9.97. The molecule has 162 valence electrons. The standard InChI is InChI=1S/C22H25FN6O2/c1-27(2)22-24-11-19(16-10-25-28(3)12-16)21(26-22)15-8-9-29(13-15)20(30)14-31-18-6-4-17(23)5-7-18/h4-7,10-12,15H,8-9,13-14H2,1-3H3/t15-/m0/s1. The van der Waals surface area contributed by atoms with Crippen LogP contribution < -0.4 is 9.64 Å². The number of anilines is 1. The van der Waals surface area contributed by atoms with Gasteiger partial charge >= 0.3 is 0 Å². The van der Waals surface area contributed by atoms with Crippen LogP contribution in [0.3, 0.4) is 0 Å². The van der Waals surface area contributed by atoms with Gasteiger partial charge in [-0.2, -0.15) is 5.10 Å². The van der Waals surface area contributed by atoms with Crippen molar-refractivity contribution in [2.45, 2.75) is 12.3 Å². The third-order valence-electron chi connectivity index (χ3n) is 5.33. The number of carbonyl (C=O) groups is 1. The second-order valence-electron chi connectivity index (χ2n) is 7.83. The summed E-state index contributed by atoms with van der Waals surface area (Å²) in [4.78, 5) is 25.6. The molecule has 0 bridgehead atoms. The Balaban J connectivity index is 1.49. The molecule has 2 aromatic heterocycles. The summed E-state index contributed by atoms with van der Waals surface area (Å²) in [5.74, 6) is 0.749. The monoisotopic (exact) mass is 424 g/mol. The fraction of sp³-hybridized carbons (Fsp3) is 0.364. The molecule has 0 N–H and O–H groups in total. The lowest BCUT2D eigenvalue weighted by Gasteiger charge is -2.19. The van der Waals surface area contributed by atoms with E-state index in [1.165, 1.54) is 24.3 Å². The maximum Gasteiger partial charge on any atom is 0.260 e. The largest absolute Gasteiger partial charge is 0.484 e. The Bertz CT molecular complexity index is 1070. The van der Waals surface area contributed by atoms with Gasteiger partial charge in [0.2, 0.25) is 5.95 Å². The zero-order chi connectivity index (χ0) is 22.0. The van der Waals surface area contributed by atoms with Crippen LogP contribution in [0.4, 0.5) is 10.3 Å². The summed E-state index contributed by atoms with van der Waals surface area (Å²) >= 11 is 0. The average Bonchev–Trinajstić information content (AvgIpc) is 3.42. The van der Waals surface area contributed by atoms with Crippen molar-refractivity contribution in [2.75, 3.05) is 38.7 Å². The number of halogens is 1. The van der Waals surface area contributed by atoms with E-state index < -0.39 is 0 Å². The van der Waals surface area contributed by atoms with Crippen LogP contribution in [0, 0.1) is 5.82 Å². The first-order chi connectivity index (χ1) is 14.9. The summed E-state index contributed by atoms with van der Waals surface area (Å²) in [6.07, 6.45) is 6.37. The highest BCUT2D eigenvalue weighted by molar-refractivity contribution is 5.78. The van der Waals surface area contributed by atoms with Gasteiger partial charge in [-0.25, -0.2) is 14.4 Å². The van der Waals surface area contributed by atoms with E-state index in [-0.39, 0.29) is 24.2 Å². The van der Waals surface area contributed by atoms with Crippen molar-refractivity contribution >= 4 is 11.9 Å². The minimum atomic E-state index is -0.340. The molecular formula is C22H25FN6O2. The lowest BCUT2D eigenvalue weighted by molar-refractivity contribution is -0.132. The molecule has 4 rings (SSSR count). The first kappa shape index (κ1) is 20.8. The molecule has 1 aliphatic heterocycles. The maximum absolute atomic E-state index is 13.0. The average molecular weight is 424 g/mol. The van der Waals surface area contributed by atoms with Crippen molar-refractivity contribution in [2.24, 2.45) is 7.05 Å². The van der Waals surface area contributed by atoms with Gasteiger partial charge in [0.05, 0.1) is 11.9 Å². The molecule has 0 saturated carbocycles. The third kappa shape index (κ3) is 4.65. The molecule has 0 radical (unpaired) electrons. The SMILES string of the molecule is CN(C)c1ncc(-c2cnn(C)c2)c([C@H]2CCN(C(=O)COc3ccc(F)cc3)C2)n1. The Kier molecular flexibility index (Phi) is 5.83. The van der Waals surface area contributed by atoms with E-state index in [0.29, 0.717) is 24.8 Å². The number of benzene rings is 1. The molecule has 0 aliphatic carbocycles. The Morgan fingerprint density at radius 2 is 2.03 bits per heavy atom. The molecule has 31 heavy (non-hydrogen) atoms. The minimum absolute atomic E-state index is 0.0828. The number of likely N-dealkylation sites (tertiary alicyclic amines) is 1. The van der Waals surface area contributed by atoms with Gasteiger partial charge < -0.3 is 14.5 Å². The van der Waals surface area contributed by atoms with E-state index in [0.717, 1.165) is 23.2 Å². The van der Waals surface area contributed by atoms with E-state index in [1.807, 2.05) is 38.4 Å². The topological polar surface area (TPSA) is 76.4 Å². The highest BCUT2D eigenvalue weighted by Gasteiger charge is 2.31. The fourth-order valence-corrected chi connectivity index (χ4v) is 3.67. The maximum atomic E-state index is 13.0. The second kappa shape index (κ2) is 8.71. The van der Waals surface area contributed by atoms with Crippen molar-refractivity contribution in [3.05, 3.63) is 54.4 Å². The minimum Gasteiger partial charge on any atom is -0.484 e. The molecule has 0 spiro atoms. The van der Waals surface area contributed by atoms with Crippen molar-refractivity contribution < 1.29 is 13.9 Å². The summed E-state index contributed by atoms with van der Waals surface area (Å²) < 4.78 is 20.3. The zero-order valence-electron chi connectivity index (χ0n) is 17.8. The first-order valence-corrected chi connectivity index (χ1v) is 10.1. The molecule has 1 saturated heterocycles. The second-order valence-corrected chi connectivity index (χ2v) is 7.83. The summed E-state index contributed by atoms with van der Waals surface area (Å²) in [6, 6.07) is 5.64. The molecule has 1 aromatic carbocycles. The molecule has 1 amide bonds. The van der Waals surface area contributed by atoms with E-state index in [9.17, 15) is 9.18 Å². The van der Waals surface area contributed by atoms with Gasteiger partial charge in [0.1, 0.15) is 11.6 Å². The fourth-order valence-electron chi connectivity index (χ4n) is 3.67. The lowest BCUT2D eigenvalue weighted by Crippen LogP contribution is -2.33. The number of carbonyl (C=O) groups excluding carboxylic acids is 1. The van der Waals surface area contributed by atoms with Gasteiger partial charge in [-0.1, -0.05) is 0 Å². The van der Waals surface area contributed by atoms with Gasteiger partial charge in [0.15, 0.2) is 6.61 Å². The molecule has 0 unspecified atom stereocenters. The molecule has 1 fully saturated rings. The smallest absolute Gasteiger partial charge is 0.260 e. The van der Waals surface area contributed by atoms with Crippen LogP contribution in [-0.4, -0.2) is 64.3 Å². The number of aryl methyl sites for hydroxylation is 1. The Hall–Kier alpha value is -3.49. The van der Waals surface area contributed by atoms with Gasteiger partial charge in [-0.15, -0.1) is 0 Å². The van der Waals surface area contributed by atoms with Crippen LogP contribution >= 0.6 is 0 Å². The van der Waals surface area contributed by atoms with Crippen molar-refractivity contribution in [1.29, 1.82) is 0 Å². The number of hydrogen-bond donors (Lipinski definition) is 0. The summed E-state index contributed by atoms with van der Waals surface area (Å²) in [5, 5.41) is 4.27. The summed E-state index contributed by atoms with van der Waals surface area (Å²) in [5.41, 5.74) is 2.80. The predicted octanol–water partition coefficient (Wildman–Crippen LogP) is 2.48. The van der Waals surface area contributed by atoms with Crippen LogP contribution in [0.15, 0.2) is 42.9 Å². The van der Waals surface area contributed by atoms with Gasteiger partial charge in [-0.05, 0) is 30.7 Å². The number of amides is 1. The van der Waals surface area contributed by atoms with E-state index in [1.54, 1.807) is 15.8 Å². The summed E-state index contributed by atoms with van der Waals surface area (Å²) in [6.45, 7) is 1.10. The third-order valence-corrected chi connectivity index (χ3v) is 5.33. The summed E-state index contributed by atoms with van der Waals surface area (Å²) in [7, 11) is 5.68.